The summed E-state index contributed by atoms with van der Waals surface area (Å²) in [4.78, 5) is 11.2. The van der Waals surface area contributed by atoms with Crippen LogP contribution in [0, 0.1) is 5.92 Å². The highest BCUT2D eigenvalue weighted by Crippen LogP contribution is 2.16. The Morgan fingerprint density at radius 2 is 1.82 bits per heavy atom. The van der Waals surface area contributed by atoms with E-state index in [0.717, 1.165) is 25.7 Å². The first-order chi connectivity index (χ1) is 10.4. The largest absolute Gasteiger partial charge is 0.326 e. The van der Waals surface area contributed by atoms with Gasteiger partial charge in [-0.05, 0) is 36.6 Å². The number of hydrogen-bond donors (Lipinski definition) is 2. The summed E-state index contributed by atoms with van der Waals surface area (Å²) >= 11 is 0. The lowest BCUT2D eigenvalue weighted by Crippen LogP contribution is -2.29. The molecule has 1 atom stereocenters. The number of unbranched alkanes of at least 4 members (excludes halogenated alkanes) is 1. The van der Waals surface area contributed by atoms with E-state index in [4.69, 9.17) is 0 Å². The first-order valence-electron chi connectivity index (χ1n) is 7.76. The standard InChI is InChI=1S/C16H26N2O3S/c1-4-6-7-14(5-2)12-17-22(20,21)16-10-8-15(9-11-16)18-13(3)19/h8-11,14,17H,4-7,12H2,1-3H3,(H,18,19)/t14-/m1/s1. The molecule has 124 valence electrons. The number of hydrogen-bond acceptors (Lipinski definition) is 3. The molecule has 6 heteroatoms. The Hall–Kier alpha value is -1.40. The molecule has 2 N–H and O–H groups in total. The quantitative estimate of drug-likeness (QED) is 0.732. The smallest absolute Gasteiger partial charge is 0.240 e. The van der Waals surface area contributed by atoms with E-state index in [-0.39, 0.29) is 10.8 Å². The van der Waals surface area contributed by atoms with Crippen molar-refractivity contribution in [3.63, 3.8) is 0 Å². The van der Waals surface area contributed by atoms with Crippen molar-refractivity contribution in [3.05, 3.63) is 24.3 Å². The molecule has 1 rings (SSSR count). The number of nitrogens with one attached hydrogen (secondary N) is 2. The molecule has 0 saturated heterocycles. The summed E-state index contributed by atoms with van der Waals surface area (Å²) < 4.78 is 27.2. The van der Waals surface area contributed by atoms with Gasteiger partial charge in [-0.15, -0.1) is 0 Å². The maximum absolute atomic E-state index is 12.3. The van der Waals surface area contributed by atoms with Crippen molar-refractivity contribution in [3.8, 4) is 0 Å². The van der Waals surface area contributed by atoms with Gasteiger partial charge in [0.2, 0.25) is 15.9 Å². The topological polar surface area (TPSA) is 75.3 Å². The lowest BCUT2D eigenvalue weighted by Gasteiger charge is -2.15. The van der Waals surface area contributed by atoms with Crippen LogP contribution >= 0.6 is 0 Å². The van der Waals surface area contributed by atoms with Crippen LogP contribution in [0.4, 0.5) is 5.69 Å². The molecule has 22 heavy (non-hydrogen) atoms. The number of rotatable bonds is 9. The highest BCUT2D eigenvalue weighted by Gasteiger charge is 2.16. The van der Waals surface area contributed by atoms with E-state index < -0.39 is 10.0 Å². The molecule has 0 aliphatic carbocycles. The Balaban J connectivity index is 2.67. The first kappa shape index (κ1) is 18.6. The minimum atomic E-state index is -3.50. The maximum Gasteiger partial charge on any atom is 0.240 e. The molecule has 0 fully saturated rings. The Bertz CT molecular complexity index is 568. The number of carbonyl (C=O) groups excluding carboxylic acids is 1. The van der Waals surface area contributed by atoms with Gasteiger partial charge in [-0.3, -0.25) is 4.79 Å². The Morgan fingerprint density at radius 3 is 2.32 bits per heavy atom. The molecule has 0 aromatic heterocycles. The number of carbonyl (C=O) groups is 1. The van der Waals surface area contributed by atoms with Crippen LogP contribution in [0.3, 0.4) is 0 Å². The zero-order valence-electron chi connectivity index (χ0n) is 13.6. The number of amides is 1. The fourth-order valence-corrected chi connectivity index (χ4v) is 3.29. The van der Waals surface area contributed by atoms with Gasteiger partial charge in [-0.1, -0.05) is 33.1 Å². The molecule has 0 saturated carbocycles. The van der Waals surface area contributed by atoms with Crippen LogP contribution in [0.15, 0.2) is 29.2 Å². The minimum absolute atomic E-state index is 0.185. The van der Waals surface area contributed by atoms with Gasteiger partial charge in [0.05, 0.1) is 4.90 Å². The Morgan fingerprint density at radius 1 is 1.18 bits per heavy atom. The molecule has 0 unspecified atom stereocenters. The zero-order chi connectivity index (χ0) is 16.6. The normalized spacial score (nSPS) is 12.9. The number of benzene rings is 1. The lowest BCUT2D eigenvalue weighted by molar-refractivity contribution is -0.114. The van der Waals surface area contributed by atoms with Gasteiger partial charge in [0.1, 0.15) is 0 Å². The summed E-state index contributed by atoms with van der Waals surface area (Å²) in [7, 11) is -3.50. The van der Waals surface area contributed by atoms with E-state index in [1.807, 2.05) is 0 Å². The zero-order valence-corrected chi connectivity index (χ0v) is 14.4. The van der Waals surface area contributed by atoms with Crippen LogP contribution in [0.25, 0.3) is 0 Å². The second-order valence-electron chi connectivity index (χ2n) is 5.47. The van der Waals surface area contributed by atoms with Crippen molar-refractivity contribution < 1.29 is 13.2 Å². The van der Waals surface area contributed by atoms with Crippen molar-refractivity contribution in [1.29, 1.82) is 0 Å². The Labute approximate surface area is 133 Å². The van der Waals surface area contributed by atoms with Crippen LogP contribution in [0.2, 0.25) is 0 Å². The van der Waals surface area contributed by atoms with Crippen LogP contribution in [0.1, 0.15) is 46.5 Å². The third-order valence-electron chi connectivity index (χ3n) is 3.59. The van der Waals surface area contributed by atoms with Crippen molar-refractivity contribution in [2.45, 2.75) is 51.3 Å². The monoisotopic (exact) mass is 326 g/mol. The van der Waals surface area contributed by atoms with Gasteiger partial charge < -0.3 is 5.32 Å². The van der Waals surface area contributed by atoms with Crippen LogP contribution < -0.4 is 10.0 Å². The molecule has 0 heterocycles. The summed E-state index contributed by atoms with van der Waals surface area (Å²) in [6, 6.07) is 6.18. The van der Waals surface area contributed by atoms with Crippen LogP contribution in [-0.4, -0.2) is 20.9 Å². The first-order valence-corrected chi connectivity index (χ1v) is 9.24. The maximum atomic E-state index is 12.3. The fourth-order valence-electron chi connectivity index (χ4n) is 2.17. The summed E-state index contributed by atoms with van der Waals surface area (Å²) in [5.41, 5.74) is 0.584. The van der Waals surface area contributed by atoms with Gasteiger partial charge in [0.25, 0.3) is 0 Å². The summed E-state index contributed by atoms with van der Waals surface area (Å²) in [6.07, 6.45) is 4.24. The predicted molar refractivity (Wildman–Crippen MR) is 89.2 cm³/mol. The fraction of sp³-hybridized carbons (Fsp3) is 0.562. The van der Waals surface area contributed by atoms with E-state index in [9.17, 15) is 13.2 Å². The third kappa shape index (κ3) is 6.15. The molecular formula is C16H26N2O3S. The number of anilines is 1. The molecule has 0 aliphatic rings. The minimum Gasteiger partial charge on any atom is -0.326 e. The highest BCUT2D eigenvalue weighted by atomic mass is 32.2. The van der Waals surface area contributed by atoms with E-state index >= 15 is 0 Å². The van der Waals surface area contributed by atoms with Gasteiger partial charge in [0.15, 0.2) is 0 Å². The van der Waals surface area contributed by atoms with E-state index in [1.165, 1.54) is 19.1 Å². The Kier molecular flexibility index (Phi) is 7.55. The van der Waals surface area contributed by atoms with Gasteiger partial charge in [0, 0.05) is 19.2 Å². The summed E-state index contributed by atoms with van der Waals surface area (Å²) in [5, 5.41) is 2.61. The van der Waals surface area contributed by atoms with Gasteiger partial charge in [-0.2, -0.15) is 0 Å². The van der Waals surface area contributed by atoms with Crippen molar-refractivity contribution in [2.24, 2.45) is 5.92 Å². The highest BCUT2D eigenvalue weighted by molar-refractivity contribution is 7.89. The van der Waals surface area contributed by atoms with Crippen LogP contribution in [-0.2, 0) is 14.8 Å². The van der Waals surface area contributed by atoms with Gasteiger partial charge in [-0.25, -0.2) is 13.1 Å². The average Bonchev–Trinajstić information content (AvgIpc) is 2.47. The molecule has 0 radical (unpaired) electrons. The molecule has 1 amide bonds. The van der Waals surface area contributed by atoms with Crippen molar-refractivity contribution >= 4 is 21.6 Å². The average molecular weight is 326 g/mol. The molecule has 1 aromatic carbocycles. The molecule has 1 aromatic rings. The third-order valence-corrected chi connectivity index (χ3v) is 5.03. The summed E-state index contributed by atoms with van der Waals surface area (Å²) in [5.74, 6) is 0.184. The van der Waals surface area contributed by atoms with Crippen LogP contribution in [0.5, 0.6) is 0 Å². The van der Waals surface area contributed by atoms with Gasteiger partial charge >= 0.3 is 0 Å². The predicted octanol–water partition coefficient (Wildman–Crippen LogP) is 3.14. The molecule has 5 nitrogen and oxygen atoms in total. The molecule has 0 spiro atoms. The molecular weight excluding hydrogens is 300 g/mol. The van der Waals surface area contributed by atoms with E-state index in [2.05, 4.69) is 23.9 Å². The summed E-state index contributed by atoms with van der Waals surface area (Å²) in [6.45, 7) is 6.09. The second kappa shape index (κ2) is 8.90. The van der Waals surface area contributed by atoms with E-state index in [1.54, 1.807) is 12.1 Å². The molecule has 0 bridgehead atoms. The number of sulfonamides is 1. The van der Waals surface area contributed by atoms with Crippen molar-refractivity contribution in [1.82, 2.24) is 4.72 Å². The SMILES string of the molecule is CCCC[C@@H](CC)CNS(=O)(=O)c1ccc(NC(C)=O)cc1. The van der Waals surface area contributed by atoms with Crippen molar-refractivity contribution in [2.75, 3.05) is 11.9 Å². The molecule has 0 aliphatic heterocycles. The lowest BCUT2D eigenvalue weighted by atomic mass is 10.00. The van der Waals surface area contributed by atoms with E-state index in [0.29, 0.717) is 18.2 Å². The second-order valence-corrected chi connectivity index (χ2v) is 7.24.